The molecule has 1 atom stereocenters. The van der Waals surface area contributed by atoms with E-state index in [4.69, 9.17) is 10.00 Å². The molecule has 2 aromatic carbocycles. The molecule has 2 heterocycles. The highest BCUT2D eigenvalue weighted by atomic mass is 16.5. The van der Waals surface area contributed by atoms with Gasteiger partial charge in [-0.3, -0.25) is 4.79 Å². The van der Waals surface area contributed by atoms with Crippen LogP contribution in [-0.4, -0.2) is 56.5 Å². The van der Waals surface area contributed by atoms with Gasteiger partial charge in [-0.15, -0.1) is 0 Å². The van der Waals surface area contributed by atoms with Gasteiger partial charge in [-0.05, 0) is 64.0 Å². The average Bonchev–Trinajstić information content (AvgIpc) is 2.95. The highest BCUT2D eigenvalue weighted by Crippen LogP contribution is 2.32. The molecule has 0 radical (unpaired) electrons. The number of aromatic nitrogens is 1. The van der Waals surface area contributed by atoms with E-state index in [1.54, 1.807) is 13.2 Å². The Morgan fingerprint density at radius 3 is 2.65 bits per heavy atom. The molecule has 196 valence electrons. The van der Waals surface area contributed by atoms with Crippen LogP contribution in [0.1, 0.15) is 42.2 Å². The first kappa shape index (κ1) is 29.7. The van der Waals surface area contributed by atoms with Gasteiger partial charge in [0.05, 0.1) is 18.4 Å². The molecule has 7 heteroatoms. The standard InChI is InChI=1S/C22H19N3O2.C7H15N.CH5N/c1-15(11-23)12-24-22-18(14-27-2)9-7-16-6-8-17(10-20(16)22)21-5-3-4-19(13-26)25-21;1-7-5-3-4-6-8(7)2;1-2/h3-10,13,24H,1,12,14H2,2H3;7H,3-6H2,1-2H3;2H2,1H3. The second-order valence-corrected chi connectivity index (χ2v) is 8.93. The third-order valence-electron chi connectivity index (χ3n) is 6.37. The maximum absolute atomic E-state index is 11.0. The molecular weight excluding hydrogens is 462 g/mol. The first-order valence-electron chi connectivity index (χ1n) is 12.5. The molecule has 1 aromatic heterocycles. The number of methoxy groups -OCH3 is 1. The van der Waals surface area contributed by atoms with Gasteiger partial charge in [0.15, 0.2) is 6.29 Å². The van der Waals surface area contributed by atoms with E-state index in [1.807, 2.05) is 42.5 Å². The number of hydrogen-bond donors (Lipinski definition) is 2. The number of anilines is 1. The fraction of sp³-hybridized carbons (Fsp3) is 0.367. The summed E-state index contributed by atoms with van der Waals surface area (Å²) in [4.78, 5) is 17.8. The summed E-state index contributed by atoms with van der Waals surface area (Å²) in [6, 6.07) is 18.3. The van der Waals surface area contributed by atoms with E-state index < -0.39 is 0 Å². The molecule has 4 rings (SSSR count). The molecule has 0 amide bonds. The molecule has 3 aromatic rings. The van der Waals surface area contributed by atoms with Crippen molar-refractivity contribution >= 4 is 22.7 Å². The fourth-order valence-electron chi connectivity index (χ4n) is 4.16. The molecule has 3 N–H and O–H groups in total. The van der Waals surface area contributed by atoms with Crippen LogP contribution >= 0.6 is 0 Å². The van der Waals surface area contributed by atoms with Crippen LogP contribution in [0, 0.1) is 11.3 Å². The van der Waals surface area contributed by atoms with E-state index >= 15 is 0 Å². The van der Waals surface area contributed by atoms with Crippen molar-refractivity contribution in [2.45, 2.75) is 38.8 Å². The van der Waals surface area contributed by atoms with Crippen molar-refractivity contribution < 1.29 is 9.53 Å². The van der Waals surface area contributed by atoms with Gasteiger partial charge in [0, 0.05) is 47.5 Å². The first-order chi connectivity index (χ1) is 18.0. The number of nitrogens with zero attached hydrogens (tertiary/aromatic N) is 3. The number of rotatable bonds is 7. The number of benzene rings is 2. The third-order valence-corrected chi connectivity index (χ3v) is 6.37. The number of carbonyl (C=O) groups excluding carboxylic acids is 1. The number of nitriles is 1. The first-order valence-corrected chi connectivity index (χ1v) is 12.5. The molecule has 0 saturated carbocycles. The Labute approximate surface area is 220 Å². The van der Waals surface area contributed by atoms with Crippen LogP contribution in [0.2, 0.25) is 0 Å². The van der Waals surface area contributed by atoms with Crippen LogP contribution in [0.3, 0.4) is 0 Å². The predicted molar refractivity (Wildman–Crippen MR) is 153 cm³/mol. The summed E-state index contributed by atoms with van der Waals surface area (Å²) in [5, 5.41) is 14.3. The zero-order valence-corrected chi connectivity index (χ0v) is 22.5. The number of ether oxygens (including phenoxy) is 1. The van der Waals surface area contributed by atoms with Gasteiger partial charge in [0.1, 0.15) is 5.69 Å². The van der Waals surface area contributed by atoms with Gasteiger partial charge >= 0.3 is 0 Å². The molecule has 0 bridgehead atoms. The summed E-state index contributed by atoms with van der Waals surface area (Å²) >= 11 is 0. The number of piperidine rings is 1. The summed E-state index contributed by atoms with van der Waals surface area (Å²) < 4.78 is 5.32. The molecule has 7 nitrogen and oxygen atoms in total. The lowest BCUT2D eigenvalue weighted by Gasteiger charge is -2.29. The molecule has 1 unspecified atom stereocenters. The van der Waals surface area contributed by atoms with Crippen molar-refractivity contribution in [1.29, 1.82) is 5.26 Å². The van der Waals surface area contributed by atoms with E-state index in [1.165, 1.54) is 32.9 Å². The highest BCUT2D eigenvalue weighted by Gasteiger charge is 2.13. The highest BCUT2D eigenvalue weighted by molar-refractivity contribution is 5.98. The summed E-state index contributed by atoms with van der Waals surface area (Å²) in [7, 11) is 5.36. The van der Waals surface area contributed by atoms with Gasteiger partial charge in [0.2, 0.25) is 0 Å². The molecule has 1 aliphatic rings. The van der Waals surface area contributed by atoms with Crippen LogP contribution in [-0.2, 0) is 11.3 Å². The lowest BCUT2D eigenvalue weighted by Crippen LogP contribution is -2.33. The molecule has 1 fully saturated rings. The average molecular weight is 502 g/mol. The predicted octanol–water partition coefficient (Wildman–Crippen LogP) is 5.42. The molecule has 0 spiro atoms. The Balaban J connectivity index is 0.000000406. The van der Waals surface area contributed by atoms with Crippen LogP contribution in [0.15, 0.2) is 60.7 Å². The van der Waals surface area contributed by atoms with E-state index in [-0.39, 0.29) is 0 Å². The Morgan fingerprint density at radius 2 is 2.03 bits per heavy atom. The minimum absolute atomic E-state index is 0.357. The Hall–Kier alpha value is -3.57. The van der Waals surface area contributed by atoms with Gasteiger partial charge < -0.3 is 20.7 Å². The lowest BCUT2D eigenvalue weighted by atomic mass is 10.00. The number of hydrogen-bond acceptors (Lipinski definition) is 7. The van der Waals surface area contributed by atoms with Crippen molar-refractivity contribution in [3.05, 3.63) is 71.9 Å². The quantitative estimate of drug-likeness (QED) is 0.329. The van der Waals surface area contributed by atoms with E-state index in [9.17, 15) is 4.79 Å². The van der Waals surface area contributed by atoms with Crippen molar-refractivity contribution in [3.63, 3.8) is 0 Å². The van der Waals surface area contributed by atoms with Crippen LogP contribution < -0.4 is 11.1 Å². The van der Waals surface area contributed by atoms with Crippen LogP contribution in [0.4, 0.5) is 5.69 Å². The molecule has 0 aliphatic carbocycles. The second kappa shape index (κ2) is 15.5. The van der Waals surface area contributed by atoms with E-state index in [0.717, 1.165) is 45.6 Å². The fourth-order valence-corrected chi connectivity index (χ4v) is 4.16. The monoisotopic (exact) mass is 501 g/mol. The molecule has 1 aliphatic heterocycles. The molecular formula is C30H39N5O2. The van der Waals surface area contributed by atoms with Gasteiger partial charge in [-0.2, -0.15) is 5.26 Å². The molecule has 37 heavy (non-hydrogen) atoms. The van der Waals surface area contributed by atoms with Crippen LogP contribution in [0.25, 0.3) is 22.0 Å². The summed E-state index contributed by atoms with van der Waals surface area (Å²) in [6.45, 7) is 8.14. The van der Waals surface area contributed by atoms with Crippen molar-refractivity contribution in [1.82, 2.24) is 9.88 Å². The van der Waals surface area contributed by atoms with Gasteiger partial charge in [0.25, 0.3) is 0 Å². The van der Waals surface area contributed by atoms with Crippen molar-refractivity contribution in [3.8, 4) is 17.3 Å². The largest absolute Gasteiger partial charge is 0.380 e. The number of likely N-dealkylation sites (tertiary alicyclic amines) is 1. The number of pyridine rings is 1. The zero-order valence-electron chi connectivity index (χ0n) is 22.5. The van der Waals surface area contributed by atoms with Gasteiger partial charge in [-0.1, -0.05) is 43.3 Å². The van der Waals surface area contributed by atoms with Crippen molar-refractivity contribution in [2.24, 2.45) is 5.73 Å². The maximum atomic E-state index is 11.0. The number of fused-ring (bicyclic) bond motifs is 1. The number of nitrogens with one attached hydrogen (secondary N) is 1. The summed E-state index contributed by atoms with van der Waals surface area (Å²) in [6.07, 6.45) is 4.98. The third kappa shape index (κ3) is 8.50. The number of aldehydes is 1. The Morgan fingerprint density at radius 1 is 1.27 bits per heavy atom. The summed E-state index contributed by atoms with van der Waals surface area (Å²) in [5.74, 6) is 0. The maximum Gasteiger partial charge on any atom is 0.168 e. The number of carbonyl (C=O) groups is 1. The smallest absolute Gasteiger partial charge is 0.168 e. The van der Waals surface area contributed by atoms with Crippen molar-refractivity contribution in [2.75, 3.05) is 39.6 Å². The topological polar surface area (TPSA) is 104 Å². The van der Waals surface area contributed by atoms with E-state index in [0.29, 0.717) is 24.4 Å². The lowest BCUT2D eigenvalue weighted by molar-refractivity contribution is 0.111. The number of nitrogens with two attached hydrogens (primary N) is 1. The Bertz CT molecular complexity index is 1210. The summed E-state index contributed by atoms with van der Waals surface area (Å²) in [5.41, 5.74) is 8.87. The molecule has 1 saturated heterocycles. The zero-order chi connectivity index (χ0) is 27.2. The normalized spacial score (nSPS) is 14.9. The SMILES string of the molecule is C=C(C#N)CNc1c(COC)ccc2ccc(-c3cccc(C=O)n3)cc12.CC1CCCCN1C.CN. The van der Waals surface area contributed by atoms with Gasteiger partial charge in [-0.25, -0.2) is 4.98 Å². The second-order valence-electron chi connectivity index (χ2n) is 8.93. The van der Waals surface area contributed by atoms with E-state index in [2.05, 4.69) is 47.6 Å². The van der Waals surface area contributed by atoms with Crippen LogP contribution in [0.5, 0.6) is 0 Å². The Kier molecular flexibility index (Phi) is 12.4. The minimum atomic E-state index is 0.357. The minimum Gasteiger partial charge on any atom is -0.380 e.